The first kappa shape index (κ1) is 33.9. The van der Waals surface area contributed by atoms with Crippen molar-refractivity contribution in [2.75, 3.05) is 13.1 Å². The highest BCUT2D eigenvalue weighted by Gasteiger charge is 2.59. The molecule has 42 heavy (non-hydrogen) atoms. The van der Waals surface area contributed by atoms with Gasteiger partial charge in [0.15, 0.2) is 0 Å². The van der Waals surface area contributed by atoms with Gasteiger partial charge < -0.3 is 15.8 Å². The minimum absolute atomic E-state index is 0.0421. The van der Waals surface area contributed by atoms with Crippen LogP contribution in [-0.2, 0) is 4.74 Å². The van der Waals surface area contributed by atoms with E-state index >= 15 is 0 Å². The van der Waals surface area contributed by atoms with Crippen molar-refractivity contribution in [2.24, 2.45) is 58.0 Å². The van der Waals surface area contributed by atoms with Crippen molar-refractivity contribution in [3.63, 3.8) is 0 Å². The number of nitrogens with two attached hydrogens (primary N) is 1. The summed E-state index contributed by atoms with van der Waals surface area (Å²) in [6, 6.07) is 0. The number of hydrogen-bond donors (Lipinski definition) is 2. The predicted octanol–water partition coefficient (Wildman–Crippen LogP) is 10.1. The molecule has 4 aliphatic carbocycles. The summed E-state index contributed by atoms with van der Waals surface area (Å²) in [6.45, 7) is 16.6. The Balaban J connectivity index is 1.27. The van der Waals surface area contributed by atoms with Crippen LogP contribution in [0.15, 0.2) is 11.6 Å². The first-order chi connectivity index (χ1) is 20.1. The molecule has 0 unspecified atom stereocenters. The molecule has 3 N–H and O–H groups in total. The molecule has 0 radical (unpaired) electrons. The summed E-state index contributed by atoms with van der Waals surface area (Å²) in [5, 5.41) is 3.02. The van der Waals surface area contributed by atoms with Gasteiger partial charge in [0.05, 0.1) is 0 Å². The second-order valence-electron chi connectivity index (χ2n) is 16.1. The molecule has 0 aromatic carbocycles. The predicted molar refractivity (Wildman–Crippen MR) is 177 cm³/mol. The third-order valence-electron chi connectivity index (χ3n) is 13.5. The molecule has 0 heterocycles. The molecule has 9 atom stereocenters. The molecule has 0 aromatic heterocycles. The fourth-order valence-electron chi connectivity index (χ4n) is 10.8. The lowest BCUT2D eigenvalue weighted by Gasteiger charge is -2.58. The minimum atomic E-state index is -0.209. The van der Waals surface area contributed by atoms with Gasteiger partial charge in [0.1, 0.15) is 6.10 Å². The van der Waals surface area contributed by atoms with Gasteiger partial charge in [0.2, 0.25) is 0 Å². The van der Waals surface area contributed by atoms with Gasteiger partial charge in [0, 0.05) is 13.0 Å². The van der Waals surface area contributed by atoms with E-state index in [1.54, 1.807) is 5.57 Å². The Labute approximate surface area is 260 Å². The SMILES string of the molecule is CC[C@H](CC[C@@H](C)[C@H]1CC[C@H]2[C@@H]3CC=C4C[C@@H](OC(=O)NCCCCCCCCN)CC[C@]4(C)[C@H]3CC[C@]12C)C(C)C. The van der Waals surface area contributed by atoms with Gasteiger partial charge in [-0.15, -0.1) is 0 Å². The maximum absolute atomic E-state index is 12.6. The number of carbonyl (C=O) groups excluding carboxylic acids is 1. The van der Waals surface area contributed by atoms with E-state index in [1.165, 1.54) is 83.5 Å². The third kappa shape index (κ3) is 7.60. The lowest BCUT2D eigenvalue weighted by Crippen LogP contribution is -2.51. The Bertz CT molecular complexity index is 884. The number of rotatable bonds is 15. The summed E-state index contributed by atoms with van der Waals surface area (Å²) in [6.07, 6.45) is 23.8. The average Bonchev–Trinajstić information content (AvgIpc) is 3.32. The summed E-state index contributed by atoms with van der Waals surface area (Å²) in [5.41, 5.74) is 8.02. The second-order valence-corrected chi connectivity index (χ2v) is 16.1. The number of carbonyl (C=O) groups is 1. The molecular formula is C38H68N2O2. The standard InChI is InChI=1S/C38H68N2O2/c1-7-29(27(2)3)15-14-28(4)33-18-19-34-32-17-16-30-26-31(20-22-37(30,5)35(32)21-23-38(33,34)6)42-36(41)40-25-13-11-9-8-10-12-24-39/h16,27-29,31-35H,7-15,17-26,39H2,1-6H3,(H,40,41)/t28-,29-,31+,32+,33-,34+,35+,37+,38-/m1/s1. The van der Waals surface area contributed by atoms with Gasteiger partial charge in [-0.2, -0.15) is 0 Å². The van der Waals surface area contributed by atoms with Gasteiger partial charge in [-0.05, 0) is 123 Å². The Morgan fingerprint density at radius 1 is 0.976 bits per heavy atom. The Hall–Kier alpha value is -1.03. The van der Waals surface area contributed by atoms with Crippen molar-refractivity contribution in [1.29, 1.82) is 0 Å². The zero-order valence-corrected chi connectivity index (χ0v) is 28.5. The Morgan fingerprint density at radius 3 is 2.43 bits per heavy atom. The van der Waals surface area contributed by atoms with E-state index < -0.39 is 0 Å². The highest BCUT2D eigenvalue weighted by Crippen LogP contribution is 2.67. The molecule has 4 heteroatoms. The first-order valence-corrected chi connectivity index (χ1v) is 18.5. The van der Waals surface area contributed by atoms with Gasteiger partial charge >= 0.3 is 6.09 Å². The lowest BCUT2D eigenvalue weighted by molar-refractivity contribution is -0.0583. The van der Waals surface area contributed by atoms with E-state index in [0.29, 0.717) is 10.8 Å². The van der Waals surface area contributed by atoms with E-state index in [4.69, 9.17) is 10.5 Å². The molecule has 0 bridgehead atoms. The van der Waals surface area contributed by atoms with Crippen LogP contribution >= 0.6 is 0 Å². The normalized spacial score (nSPS) is 35.5. The maximum Gasteiger partial charge on any atom is 0.407 e. The van der Waals surface area contributed by atoms with E-state index in [-0.39, 0.29) is 12.2 Å². The lowest BCUT2D eigenvalue weighted by atomic mass is 9.47. The molecule has 4 rings (SSSR count). The van der Waals surface area contributed by atoms with E-state index in [0.717, 1.165) is 80.2 Å². The zero-order chi connectivity index (χ0) is 30.3. The van der Waals surface area contributed by atoms with Crippen LogP contribution in [-0.4, -0.2) is 25.3 Å². The van der Waals surface area contributed by atoms with E-state index in [2.05, 4.69) is 52.9 Å². The molecule has 0 aromatic rings. The topological polar surface area (TPSA) is 64.3 Å². The van der Waals surface area contributed by atoms with Crippen LogP contribution in [0.5, 0.6) is 0 Å². The van der Waals surface area contributed by atoms with Crippen LogP contribution in [0.3, 0.4) is 0 Å². The monoisotopic (exact) mass is 585 g/mol. The minimum Gasteiger partial charge on any atom is -0.446 e. The fourth-order valence-corrected chi connectivity index (χ4v) is 10.8. The highest BCUT2D eigenvalue weighted by atomic mass is 16.6. The number of nitrogens with one attached hydrogen (secondary N) is 1. The molecule has 1 amide bonds. The second kappa shape index (κ2) is 15.3. The van der Waals surface area contributed by atoms with Gasteiger partial charge in [-0.25, -0.2) is 4.79 Å². The maximum atomic E-state index is 12.6. The summed E-state index contributed by atoms with van der Waals surface area (Å²) in [7, 11) is 0. The molecular weight excluding hydrogens is 516 g/mol. The van der Waals surface area contributed by atoms with Gasteiger partial charge in [0.25, 0.3) is 0 Å². The summed E-state index contributed by atoms with van der Waals surface area (Å²) in [5.74, 6) is 6.03. The summed E-state index contributed by atoms with van der Waals surface area (Å²) < 4.78 is 5.96. The molecule has 0 aliphatic heterocycles. The van der Waals surface area contributed by atoms with Crippen LogP contribution in [0, 0.1) is 52.3 Å². The van der Waals surface area contributed by atoms with Crippen molar-refractivity contribution in [1.82, 2.24) is 5.32 Å². The quantitative estimate of drug-likeness (QED) is 0.149. The smallest absolute Gasteiger partial charge is 0.407 e. The highest BCUT2D eigenvalue weighted by molar-refractivity contribution is 5.67. The number of amides is 1. The van der Waals surface area contributed by atoms with Crippen LogP contribution in [0.4, 0.5) is 4.79 Å². The largest absolute Gasteiger partial charge is 0.446 e. The summed E-state index contributed by atoms with van der Waals surface area (Å²) >= 11 is 0. The molecule has 0 spiro atoms. The van der Waals surface area contributed by atoms with E-state index in [9.17, 15) is 4.79 Å². The van der Waals surface area contributed by atoms with Crippen LogP contribution in [0.1, 0.15) is 151 Å². The van der Waals surface area contributed by atoms with Gasteiger partial charge in [-0.3, -0.25) is 0 Å². The molecule has 3 fully saturated rings. The number of alkyl carbamates (subject to hydrolysis) is 1. The van der Waals surface area contributed by atoms with Crippen LogP contribution < -0.4 is 11.1 Å². The third-order valence-corrected chi connectivity index (χ3v) is 13.5. The molecule has 0 saturated heterocycles. The van der Waals surface area contributed by atoms with Crippen molar-refractivity contribution in [2.45, 2.75) is 157 Å². The molecule has 3 saturated carbocycles. The Morgan fingerprint density at radius 2 is 1.71 bits per heavy atom. The first-order valence-electron chi connectivity index (χ1n) is 18.5. The van der Waals surface area contributed by atoms with Gasteiger partial charge in [-0.1, -0.05) is 91.7 Å². The van der Waals surface area contributed by atoms with Crippen molar-refractivity contribution >= 4 is 6.09 Å². The van der Waals surface area contributed by atoms with E-state index in [1.807, 2.05) is 0 Å². The number of hydrogen-bond acceptors (Lipinski definition) is 3. The fraction of sp³-hybridized carbons (Fsp3) is 0.921. The average molecular weight is 585 g/mol. The van der Waals surface area contributed by atoms with Crippen molar-refractivity contribution < 1.29 is 9.53 Å². The number of allylic oxidation sites excluding steroid dienone is 1. The number of fused-ring (bicyclic) bond motifs is 5. The molecule has 4 aliphatic rings. The van der Waals surface area contributed by atoms with Crippen molar-refractivity contribution in [3.8, 4) is 0 Å². The summed E-state index contributed by atoms with van der Waals surface area (Å²) in [4.78, 5) is 12.6. The Kier molecular flexibility index (Phi) is 12.3. The number of ether oxygens (including phenoxy) is 1. The van der Waals surface area contributed by atoms with Crippen molar-refractivity contribution in [3.05, 3.63) is 11.6 Å². The number of unbranched alkanes of at least 4 members (excludes halogenated alkanes) is 5. The zero-order valence-electron chi connectivity index (χ0n) is 28.5. The molecule has 4 nitrogen and oxygen atoms in total. The van der Waals surface area contributed by atoms with Crippen LogP contribution in [0.2, 0.25) is 0 Å². The van der Waals surface area contributed by atoms with Crippen LogP contribution in [0.25, 0.3) is 0 Å². The molecule has 242 valence electrons.